The first kappa shape index (κ1) is 17.6. The van der Waals surface area contributed by atoms with Crippen molar-refractivity contribution in [3.05, 3.63) is 59.0 Å². The van der Waals surface area contributed by atoms with E-state index in [0.29, 0.717) is 17.4 Å². The van der Waals surface area contributed by atoms with E-state index in [0.717, 1.165) is 18.5 Å². The SMILES string of the molecule is CCc1cccc(CC)c1Nc1ccc(C(=O)Nc2cc(C)on2)nn1. The molecule has 3 aromatic rings. The van der Waals surface area contributed by atoms with Crippen molar-refractivity contribution in [1.82, 2.24) is 15.4 Å². The highest BCUT2D eigenvalue weighted by Crippen LogP contribution is 2.25. The standard InChI is InChI=1S/C19H21N5O2/c1-4-13-7-6-8-14(5-2)18(13)20-16-10-9-15(22-23-16)19(25)21-17-11-12(3)26-24-17/h6-11H,4-5H2,1-3H3,(H,20,23)(H,21,24,25). The number of aromatic nitrogens is 3. The van der Waals surface area contributed by atoms with Gasteiger partial charge in [0.15, 0.2) is 17.3 Å². The van der Waals surface area contributed by atoms with Gasteiger partial charge in [-0.05, 0) is 43.0 Å². The zero-order valence-electron chi connectivity index (χ0n) is 15.0. The highest BCUT2D eigenvalue weighted by Gasteiger charge is 2.12. The number of amides is 1. The van der Waals surface area contributed by atoms with Crippen LogP contribution in [-0.2, 0) is 12.8 Å². The molecule has 134 valence electrons. The van der Waals surface area contributed by atoms with Crippen LogP contribution in [0.3, 0.4) is 0 Å². The second kappa shape index (κ2) is 7.77. The summed E-state index contributed by atoms with van der Waals surface area (Å²) in [6.07, 6.45) is 1.84. The van der Waals surface area contributed by atoms with Crippen LogP contribution in [-0.4, -0.2) is 21.3 Å². The van der Waals surface area contributed by atoms with E-state index in [1.54, 1.807) is 25.1 Å². The third-order valence-electron chi connectivity index (χ3n) is 4.02. The molecule has 1 aromatic carbocycles. The first-order chi connectivity index (χ1) is 12.6. The molecule has 1 amide bonds. The first-order valence-electron chi connectivity index (χ1n) is 8.57. The van der Waals surface area contributed by atoms with E-state index in [1.165, 1.54) is 11.1 Å². The zero-order valence-corrected chi connectivity index (χ0v) is 15.0. The number of aryl methyl sites for hydroxylation is 3. The van der Waals surface area contributed by atoms with Crippen molar-refractivity contribution in [3.63, 3.8) is 0 Å². The van der Waals surface area contributed by atoms with Gasteiger partial charge in [0.1, 0.15) is 5.76 Å². The van der Waals surface area contributed by atoms with Gasteiger partial charge >= 0.3 is 0 Å². The molecule has 0 bridgehead atoms. The Morgan fingerprint density at radius 1 is 1.04 bits per heavy atom. The van der Waals surface area contributed by atoms with Crippen LogP contribution in [0, 0.1) is 6.92 Å². The summed E-state index contributed by atoms with van der Waals surface area (Å²) < 4.78 is 4.92. The van der Waals surface area contributed by atoms with Crippen LogP contribution in [0.1, 0.15) is 41.2 Å². The molecule has 2 heterocycles. The molecule has 2 N–H and O–H groups in total. The number of para-hydroxylation sites is 1. The average Bonchev–Trinajstić information content (AvgIpc) is 3.07. The Bertz CT molecular complexity index is 880. The van der Waals surface area contributed by atoms with Gasteiger partial charge in [0.25, 0.3) is 5.91 Å². The molecule has 0 aliphatic rings. The highest BCUT2D eigenvalue weighted by molar-refractivity contribution is 6.02. The molecule has 7 nitrogen and oxygen atoms in total. The Kier molecular flexibility index (Phi) is 5.26. The van der Waals surface area contributed by atoms with Crippen molar-refractivity contribution in [2.45, 2.75) is 33.6 Å². The lowest BCUT2D eigenvalue weighted by atomic mass is 10.0. The van der Waals surface area contributed by atoms with Crippen LogP contribution < -0.4 is 10.6 Å². The molecule has 7 heteroatoms. The summed E-state index contributed by atoms with van der Waals surface area (Å²) in [7, 11) is 0. The molecule has 0 atom stereocenters. The Morgan fingerprint density at radius 2 is 1.77 bits per heavy atom. The van der Waals surface area contributed by atoms with Crippen molar-refractivity contribution < 1.29 is 9.32 Å². The quantitative estimate of drug-likeness (QED) is 0.700. The number of nitrogens with one attached hydrogen (secondary N) is 2. The summed E-state index contributed by atoms with van der Waals surface area (Å²) >= 11 is 0. The summed E-state index contributed by atoms with van der Waals surface area (Å²) in [4.78, 5) is 12.2. The Labute approximate surface area is 151 Å². The highest BCUT2D eigenvalue weighted by atomic mass is 16.5. The zero-order chi connectivity index (χ0) is 18.5. The molecule has 0 unspecified atom stereocenters. The lowest BCUT2D eigenvalue weighted by molar-refractivity contribution is 0.102. The lowest BCUT2D eigenvalue weighted by Crippen LogP contribution is -2.15. The van der Waals surface area contributed by atoms with Crippen molar-refractivity contribution in [3.8, 4) is 0 Å². The van der Waals surface area contributed by atoms with Gasteiger partial charge < -0.3 is 15.2 Å². The van der Waals surface area contributed by atoms with Gasteiger partial charge in [-0.15, -0.1) is 10.2 Å². The van der Waals surface area contributed by atoms with E-state index >= 15 is 0 Å². The third-order valence-corrected chi connectivity index (χ3v) is 4.02. The Balaban J connectivity index is 1.75. The Morgan fingerprint density at radius 3 is 2.31 bits per heavy atom. The van der Waals surface area contributed by atoms with Crippen molar-refractivity contribution in [2.24, 2.45) is 0 Å². The van der Waals surface area contributed by atoms with Crippen LogP contribution in [0.5, 0.6) is 0 Å². The summed E-state index contributed by atoms with van der Waals surface area (Å²) in [6, 6.07) is 11.2. The van der Waals surface area contributed by atoms with Crippen molar-refractivity contribution in [1.29, 1.82) is 0 Å². The maximum atomic E-state index is 12.2. The van der Waals surface area contributed by atoms with Crippen LogP contribution in [0.25, 0.3) is 0 Å². The van der Waals surface area contributed by atoms with E-state index in [2.05, 4.69) is 58.0 Å². The molecule has 0 spiro atoms. The number of hydrogen-bond acceptors (Lipinski definition) is 6. The third kappa shape index (κ3) is 3.88. The maximum Gasteiger partial charge on any atom is 0.277 e. The fourth-order valence-electron chi connectivity index (χ4n) is 2.66. The van der Waals surface area contributed by atoms with E-state index in [9.17, 15) is 4.79 Å². The van der Waals surface area contributed by atoms with Crippen LogP contribution in [0.4, 0.5) is 17.3 Å². The molecule has 0 aliphatic carbocycles. The van der Waals surface area contributed by atoms with Crippen LogP contribution >= 0.6 is 0 Å². The van der Waals surface area contributed by atoms with Gasteiger partial charge in [-0.3, -0.25) is 4.79 Å². The second-order valence-electron chi connectivity index (χ2n) is 5.86. The lowest BCUT2D eigenvalue weighted by Gasteiger charge is -2.14. The molecule has 0 saturated carbocycles. The van der Waals surface area contributed by atoms with Gasteiger partial charge in [-0.2, -0.15) is 0 Å². The summed E-state index contributed by atoms with van der Waals surface area (Å²) in [5, 5.41) is 17.8. The van der Waals surface area contributed by atoms with E-state index < -0.39 is 0 Å². The summed E-state index contributed by atoms with van der Waals surface area (Å²) in [6.45, 7) is 5.98. The predicted molar refractivity (Wildman–Crippen MR) is 99.7 cm³/mol. The molecule has 2 aromatic heterocycles. The van der Waals surface area contributed by atoms with Gasteiger partial charge in [0.05, 0.1) is 0 Å². The number of rotatable bonds is 6. The van der Waals surface area contributed by atoms with Gasteiger partial charge in [-0.1, -0.05) is 37.2 Å². The number of carbonyl (C=O) groups is 1. The van der Waals surface area contributed by atoms with E-state index in [-0.39, 0.29) is 11.6 Å². The summed E-state index contributed by atoms with van der Waals surface area (Å²) in [5.41, 5.74) is 3.70. The number of benzene rings is 1. The molecular formula is C19H21N5O2. The van der Waals surface area contributed by atoms with Gasteiger partial charge in [0.2, 0.25) is 0 Å². The molecule has 3 rings (SSSR count). The minimum absolute atomic E-state index is 0.204. The topological polar surface area (TPSA) is 92.9 Å². The van der Waals surface area contributed by atoms with Gasteiger partial charge in [0, 0.05) is 11.8 Å². The smallest absolute Gasteiger partial charge is 0.277 e. The normalized spacial score (nSPS) is 10.6. The van der Waals surface area contributed by atoms with Gasteiger partial charge in [-0.25, -0.2) is 0 Å². The van der Waals surface area contributed by atoms with E-state index in [4.69, 9.17) is 4.52 Å². The van der Waals surface area contributed by atoms with Crippen molar-refractivity contribution >= 4 is 23.2 Å². The molecular weight excluding hydrogens is 330 g/mol. The van der Waals surface area contributed by atoms with E-state index in [1.807, 2.05) is 0 Å². The predicted octanol–water partition coefficient (Wildman–Crippen LogP) is 3.89. The van der Waals surface area contributed by atoms with Crippen molar-refractivity contribution in [2.75, 3.05) is 10.6 Å². The molecule has 26 heavy (non-hydrogen) atoms. The number of anilines is 3. The second-order valence-corrected chi connectivity index (χ2v) is 5.86. The maximum absolute atomic E-state index is 12.2. The summed E-state index contributed by atoms with van der Waals surface area (Å²) in [5.74, 6) is 1.17. The average molecular weight is 351 g/mol. The molecule has 0 aliphatic heterocycles. The van der Waals surface area contributed by atoms with Crippen LogP contribution in [0.2, 0.25) is 0 Å². The molecule has 0 radical (unpaired) electrons. The number of hydrogen-bond donors (Lipinski definition) is 2. The van der Waals surface area contributed by atoms with Crippen LogP contribution in [0.15, 0.2) is 40.9 Å². The number of nitrogens with zero attached hydrogens (tertiary/aromatic N) is 3. The molecule has 0 saturated heterocycles. The first-order valence-corrected chi connectivity index (χ1v) is 8.57. The monoisotopic (exact) mass is 351 g/mol. The fourth-order valence-corrected chi connectivity index (χ4v) is 2.66. The largest absolute Gasteiger partial charge is 0.360 e. The Hall–Kier alpha value is -3.22. The molecule has 0 fully saturated rings. The fraction of sp³-hybridized carbons (Fsp3) is 0.263. The minimum Gasteiger partial charge on any atom is -0.360 e. The minimum atomic E-state index is -0.388. The number of carbonyl (C=O) groups excluding carboxylic acids is 1.